The van der Waals surface area contributed by atoms with Crippen LogP contribution in [-0.4, -0.2) is 44.9 Å². The van der Waals surface area contributed by atoms with Crippen molar-refractivity contribution in [2.24, 2.45) is 29.6 Å². The maximum absolute atomic E-state index is 14.1. The molecule has 0 spiro atoms. The van der Waals surface area contributed by atoms with E-state index in [-0.39, 0.29) is 49.1 Å². The van der Waals surface area contributed by atoms with Crippen LogP contribution >= 0.6 is 0 Å². The van der Waals surface area contributed by atoms with Crippen molar-refractivity contribution in [3.05, 3.63) is 107 Å². The lowest BCUT2D eigenvalue weighted by Crippen LogP contribution is -2.43. The quantitative estimate of drug-likeness (QED) is 0.292. The SMILES string of the molecule is O=C1C2CC=C3C(CC4C(=O)N(Cc5ccccc5)C(=O)C4C3c3cc(OC(F)(F)F)ccc3O)C2C(=O)N1Cc1ccccc1. The van der Waals surface area contributed by atoms with Gasteiger partial charge in [-0.05, 0) is 48.1 Å². The van der Waals surface area contributed by atoms with E-state index < -0.39 is 59.4 Å². The van der Waals surface area contributed by atoms with Gasteiger partial charge in [0, 0.05) is 11.5 Å². The Labute approximate surface area is 262 Å². The summed E-state index contributed by atoms with van der Waals surface area (Å²) in [7, 11) is 0. The number of phenols is 1. The van der Waals surface area contributed by atoms with Crippen LogP contribution in [0.1, 0.15) is 35.4 Å². The summed E-state index contributed by atoms with van der Waals surface area (Å²) in [5, 5.41) is 11.0. The summed E-state index contributed by atoms with van der Waals surface area (Å²) in [4.78, 5) is 58.1. The number of aromatic hydroxyl groups is 1. The number of imide groups is 2. The van der Waals surface area contributed by atoms with Crippen LogP contribution in [0.25, 0.3) is 0 Å². The summed E-state index contributed by atoms with van der Waals surface area (Å²) in [6, 6.07) is 21.1. The van der Waals surface area contributed by atoms with Crippen molar-refractivity contribution in [3.63, 3.8) is 0 Å². The molecule has 4 amide bonds. The smallest absolute Gasteiger partial charge is 0.508 e. The van der Waals surface area contributed by atoms with Crippen LogP contribution in [0.2, 0.25) is 0 Å². The Morgan fingerprint density at radius 2 is 1.28 bits per heavy atom. The van der Waals surface area contributed by atoms with Crippen LogP contribution in [0.4, 0.5) is 13.2 Å². The molecular weight excluding hydrogens is 601 g/mol. The van der Waals surface area contributed by atoms with E-state index in [2.05, 4.69) is 4.74 Å². The van der Waals surface area contributed by atoms with Gasteiger partial charge in [0.05, 0.1) is 36.8 Å². The second-order valence-electron chi connectivity index (χ2n) is 12.3. The highest BCUT2D eigenvalue weighted by Gasteiger charge is 2.62. The molecule has 1 saturated carbocycles. The number of hydrogen-bond donors (Lipinski definition) is 1. The van der Waals surface area contributed by atoms with E-state index in [1.54, 1.807) is 36.4 Å². The summed E-state index contributed by atoms with van der Waals surface area (Å²) >= 11 is 0. The van der Waals surface area contributed by atoms with Crippen molar-refractivity contribution in [3.8, 4) is 11.5 Å². The van der Waals surface area contributed by atoms with Crippen LogP contribution in [0.3, 0.4) is 0 Å². The molecule has 2 aliphatic heterocycles. The molecule has 1 N–H and O–H groups in total. The highest BCUT2D eigenvalue weighted by molar-refractivity contribution is 6.08. The Bertz CT molecular complexity index is 1760. The van der Waals surface area contributed by atoms with E-state index in [9.17, 15) is 37.5 Å². The molecule has 7 rings (SSSR count). The van der Waals surface area contributed by atoms with Gasteiger partial charge < -0.3 is 9.84 Å². The number of phenolic OH excluding ortho intramolecular Hbond substituents is 1. The van der Waals surface area contributed by atoms with E-state index in [0.717, 1.165) is 28.7 Å². The molecule has 11 heteroatoms. The molecule has 0 aromatic heterocycles. The maximum Gasteiger partial charge on any atom is 0.573 e. The zero-order valence-corrected chi connectivity index (χ0v) is 24.4. The molecule has 6 atom stereocenters. The Balaban J connectivity index is 1.30. The average Bonchev–Trinajstić information content (AvgIpc) is 3.41. The Morgan fingerprint density at radius 3 is 1.87 bits per heavy atom. The lowest BCUT2D eigenvalue weighted by molar-refractivity contribution is -0.274. The summed E-state index contributed by atoms with van der Waals surface area (Å²) in [6.07, 6.45) is -2.94. The van der Waals surface area contributed by atoms with Gasteiger partial charge in [0.2, 0.25) is 23.6 Å². The fourth-order valence-corrected chi connectivity index (χ4v) is 7.89. The molecular formula is C35H29F3N2O6. The van der Waals surface area contributed by atoms with Gasteiger partial charge in [-0.15, -0.1) is 13.2 Å². The third-order valence-corrected chi connectivity index (χ3v) is 9.77. The third kappa shape index (κ3) is 5.03. The van der Waals surface area contributed by atoms with Crippen molar-refractivity contribution in [1.29, 1.82) is 0 Å². The third-order valence-electron chi connectivity index (χ3n) is 9.77. The maximum atomic E-state index is 14.1. The molecule has 3 aromatic rings. The van der Waals surface area contributed by atoms with Crippen LogP contribution in [-0.2, 0) is 32.3 Å². The monoisotopic (exact) mass is 630 g/mol. The van der Waals surface area contributed by atoms with Crippen LogP contribution < -0.4 is 4.74 Å². The van der Waals surface area contributed by atoms with Crippen molar-refractivity contribution in [2.45, 2.75) is 38.2 Å². The fourth-order valence-electron chi connectivity index (χ4n) is 7.89. The second kappa shape index (κ2) is 11.1. The van der Waals surface area contributed by atoms with Gasteiger partial charge in [-0.2, -0.15) is 0 Å². The van der Waals surface area contributed by atoms with Crippen molar-refractivity contribution in [2.75, 3.05) is 0 Å². The molecule has 236 valence electrons. The van der Waals surface area contributed by atoms with E-state index in [0.29, 0.717) is 11.1 Å². The largest absolute Gasteiger partial charge is 0.573 e. The zero-order valence-electron chi connectivity index (χ0n) is 24.4. The number of fused-ring (bicyclic) bond motifs is 4. The molecule has 0 bridgehead atoms. The molecule has 2 saturated heterocycles. The van der Waals surface area contributed by atoms with Crippen LogP contribution in [0, 0.1) is 29.6 Å². The van der Waals surface area contributed by atoms with E-state index in [1.165, 1.54) is 4.90 Å². The molecule has 0 radical (unpaired) electrons. The fraction of sp³-hybridized carbons (Fsp3) is 0.314. The average molecular weight is 631 g/mol. The topological polar surface area (TPSA) is 104 Å². The Hall–Kier alpha value is -4.93. The number of ether oxygens (including phenoxy) is 1. The minimum Gasteiger partial charge on any atom is -0.508 e. The lowest BCUT2D eigenvalue weighted by atomic mass is 9.57. The van der Waals surface area contributed by atoms with Gasteiger partial charge in [0.25, 0.3) is 0 Å². The summed E-state index contributed by atoms with van der Waals surface area (Å²) in [5.74, 6) is -7.75. The molecule has 2 aliphatic carbocycles. The van der Waals surface area contributed by atoms with E-state index in [1.807, 2.05) is 30.3 Å². The van der Waals surface area contributed by atoms with Gasteiger partial charge in [-0.3, -0.25) is 29.0 Å². The molecule has 2 heterocycles. The number of halogens is 3. The number of allylic oxidation sites excluding steroid dienone is 2. The van der Waals surface area contributed by atoms with Gasteiger partial charge in [0.15, 0.2) is 0 Å². The number of benzene rings is 3. The Morgan fingerprint density at radius 1 is 0.717 bits per heavy atom. The first kappa shape index (κ1) is 29.8. The molecule has 8 nitrogen and oxygen atoms in total. The number of rotatable bonds is 6. The predicted octanol–water partition coefficient (Wildman–Crippen LogP) is 5.33. The first-order chi connectivity index (χ1) is 22.0. The predicted molar refractivity (Wildman–Crippen MR) is 156 cm³/mol. The van der Waals surface area contributed by atoms with E-state index in [4.69, 9.17) is 0 Å². The first-order valence-electron chi connectivity index (χ1n) is 15.1. The van der Waals surface area contributed by atoms with Crippen LogP contribution in [0.15, 0.2) is 90.5 Å². The number of amides is 4. The van der Waals surface area contributed by atoms with Gasteiger partial charge in [-0.1, -0.05) is 72.3 Å². The van der Waals surface area contributed by atoms with Crippen LogP contribution in [0.5, 0.6) is 11.5 Å². The van der Waals surface area contributed by atoms with Gasteiger partial charge in [0.1, 0.15) is 11.5 Å². The Kier molecular flexibility index (Phi) is 7.21. The van der Waals surface area contributed by atoms with Crippen molar-refractivity contribution >= 4 is 23.6 Å². The molecule has 3 aromatic carbocycles. The normalized spacial score (nSPS) is 27.3. The minimum atomic E-state index is -5.01. The number of alkyl halides is 3. The number of carbonyl (C=O) groups is 4. The standard InChI is InChI=1S/C35H29F3N2O6/c36-35(37,38)46-21-11-14-27(41)25(15-21)28-22-12-13-23-29(33(44)39(31(23)42)17-19-7-3-1-4-8-19)24(22)16-26-30(28)34(45)40(32(26)43)18-20-9-5-2-6-10-20/h1-12,14-15,23-24,26,28-30,41H,13,16-18H2. The highest BCUT2D eigenvalue weighted by atomic mass is 19.4. The lowest BCUT2D eigenvalue weighted by Gasteiger charge is -2.44. The number of hydrogen-bond acceptors (Lipinski definition) is 6. The van der Waals surface area contributed by atoms with Crippen molar-refractivity contribution < 1.29 is 42.2 Å². The molecule has 3 fully saturated rings. The number of carbonyl (C=O) groups excluding carboxylic acids is 4. The summed E-state index contributed by atoms with van der Waals surface area (Å²) in [6.45, 7) is 0.0857. The summed E-state index contributed by atoms with van der Waals surface area (Å²) in [5.41, 5.74) is 2.05. The second-order valence-corrected chi connectivity index (χ2v) is 12.3. The number of likely N-dealkylation sites (tertiary alicyclic amines) is 2. The molecule has 4 aliphatic rings. The van der Waals surface area contributed by atoms with Gasteiger partial charge >= 0.3 is 6.36 Å². The zero-order chi connectivity index (χ0) is 32.3. The van der Waals surface area contributed by atoms with Gasteiger partial charge in [-0.25, -0.2) is 0 Å². The summed E-state index contributed by atoms with van der Waals surface area (Å²) < 4.78 is 43.8. The highest BCUT2D eigenvalue weighted by Crippen LogP contribution is 2.59. The first-order valence-corrected chi connectivity index (χ1v) is 15.1. The van der Waals surface area contributed by atoms with Crippen molar-refractivity contribution in [1.82, 2.24) is 9.80 Å². The molecule has 46 heavy (non-hydrogen) atoms. The number of nitrogens with zero attached hydrogens (tertiary/aromatic N) is 2. The van der Waals surface area contributed by atoms with E-state index >= 15 is 0 Å². The molecule has 6 unspecified atom stereocenters. The minimum absolute atomic E-state index is 0.000525.